The van der Waals surface area contributed by atoms with Crippen molar-refractivity contribution < 1.29 is 27.6 Å². The molecule has 0 aliphatic rings. The lowest BCUT2D eigenvalue weighted by molar-refractivity contribution is -0.384. The van der Waals surface area contributed by atoms with Crippen LogP contribution in [-0.2, 0) is 15.7 Å². The fraction of sp³-hybridized carbons (Fsp3) is 0.545. The van der Waals surface area contributed by atoms with Gasteiger partial charge in [0, 0.05) is 20.8 Å². The van der Waals surface area contributed by atoms with Gasteiger partial charge in [0.1, 0.15) is 17.6 Å². The zero-order valence-electron chi connectivity index (χ0n) is 11.3. The van der Waals surface area contributed by atoms with Gasteiger partial charge in [-0.05, 0) is 6.07 Å². The second-order valence-electron chi connectivity index (χ2n) is 4.04. The molecule has 0 saturated heterocycles. The average molecular weight is 309 g/mol. The van der Waals surface area contributed by atoms with E-state index < -0.39 is 28.6 Å². The number of ether oxygens (including phenoxy) is 2. The van der Waals surface area contributed by atoms with Crippen LogP contribution in [0, 0.1) is 10.1 Å². The third-order valence-electron chi connectivity index (χ3n) is 2.58. The van der Waals surface area contributed by atoms with E-state index in [0.29, 0.717) is 12.3 Å². The first-order valence-electron chi connectivity index (χ1n) is 5.76. The highest BCUT2D eigenvalue weighted by Crippen LogP contribution is 2.32. The molecular formula is C11H14F3N3O4. The van der Waals surface area contributed by atoms with Crippen LogP contribution in [-0.4, -0.2) is 43.4 Å². The summed E-state index contributed by atoms with van der Waals surface area (Å²) in [4.78, 5) is 13.1. The molecule has 1 aromatic heterocycles. The third kappa shape index (κ3) is 4.83. The Labute approximate surface area is 118 Å². The molecule has 1 aromatic rings. The molecule has 1 N–H and O–H groups in total. The number of anilines is 1. The minimum Gasteiger partial charge on any atom is -0.382 e. The second kappa shape index (κ2) is 7.18. The molecular weight excluding hydrogens is 295 g/mol. The topological polar surface area (TPSA) is 86.5 Å². The molecule has 1 unspecified atom stereocenters. The Hall–Kier alpha value is -1.94. The lowest BCUT2D eigenvalue weighted by Crippen LogP contribution is -2.27. The lowest BCUT2D eigenvalue weighted by atomic mass is 10.2. The molecule has 0 radical (unpaired) electrons. The van der Waals surface area contributed by atoms with E-state index in [0.717, 1.165) is 0 Å². The van der Waals surface area contributed by atoms with Gasteiger partial charge in [0.05, 0.1) is 17.6 Å². The molecule has 0 saturated carbocycles. The second-order valence-corrected chi connectivity index (χ2v) is 4.04. The van der Waals surface area contributed by atoms with E-state index in [2.05, 4.69) is 10.3 Å². The van der Waals surface area contributed by atoms with E-state index >= 15 is 0 Å². The molecule has 0 aliphatic heterocycles. The number of nitro groups is 1. The molecule has 7 nitrogen and oxygen atoms in total. The standard InChI is InChI=1S/C11H14F3N3O4/c1-20-6-7(21-2)4-15-8-3-10(11(12,13)14)16-5-9(8)17(18)19/h3,5,7H,4,6H2,1-2H3,(H,15,16). The predicted molar refractivity (Wildman–Crippen MR) is 67.1 cm³/mol. The van der Waals surface area contributed by atoms with Gasteiger partial charge in [-0.15, -0.1) is 0 Å². The van der Waals surface area contributed by atoms with Crippen LogP contribution in [0.4, 0.5) is 24.5 Å². The third-order valence-corrected chi connectivity index (χ3v) is 2.58. The van der Waals surface area contributed by atoms with Crippen molar-refractivity contribution in [1.82, 2.24) is 4.98 Å². The van der Waals surface area contributed by atoms with Gasteiger partial charge in [0.2, 0.25) is 0 Å². The summed E-state index contributed by atoms with van der Waals surface area (Å²) in [6.45, 7) is 0.237. The van der Waals surface area contributed by atoms with Gasteiger partial charge >= 0.3 is 11.9 Å². The van der Waals surface area contributed by atoms with E-state index in [1.54, 1.807) is 0 Å². The average Bonchev–Trinajstić information content (AvgIpc) is 2.41. The Balaban J connectivity index is 2.98. The van der Waals surface area contributed by atoms with Crippen LogP contribution in [0.15, 0.2) is 12.3 Å². The van der Waals surface area contributed by atoms with Gasteiger partial charge in [-0.2, -0.15) is 13.2 Å². The number of alkyl halides is 3. The molecule has 1 rings (SSSR count). The van der Waals surface area contributed by atoms with E-state index in [1.807, 2.05) is 0 Å². The summed E-state index contributed by atoms with van der Waals surface area (Å²) < 4.78 is 47.6. The Morgan fingerprint density at radius 3 is 2.62 bits per heavy atom. The molecule has 0 fully saturated rings. The van der Waals surface area contributed by atoms with Crippen molar-refractivity contribution in [3.8, 4) is 0 Å². The van der Waals surface area contributed by atoms with Crippen molar-refractivity contribution in [3.63, 3.8) is 0 Å². The number of rotatable bonds is 7. The normalized spacial score (nSPS) is 13.0. The molecule has 1 atom stereocenters. The number of pyridine rings is 1. The molecule has 0 amide bonds. The first kappa shape index (κ1) is 17.1. The predicted octanol–water partition coefficient (Wildman–Crippen LogP) is 2.08. The highest BCUT2D eigenvalue weighted by atomic mass is 19.4. The van der Waals surface area contributed by atoms with Gasteiger partial charge in [-0.3, -0.25) is 10.1 Å². The van der Waals surface area contributed by atoms with E-state index in [9.17, 15) is 23.3 Å². The van der Waals surface area contributed by atoms with Gasteiger partial charge in [-0.1, -0.05) is 0 Å². The van der Waals surface area contributed by atoms with Crippen LogP contribution in [0.25, 0.3) is 0 Å². The number of hydrogen-bond acceptors (Lipinski definition) is 6. The Morgan fingerprint density at radius 2 is 2.14 bits per heavy atom. The zero-order valence-corrected chi connectivity index (χ0v) is 11.3. The summed E-state index contributed by atoms with van der Waals surface area (Å²) in [6, 6.07) is 0.595. The number of aromatic nitrogens is 1. The number of nitrogens with one attached hydrogen (secondary N) is 1. The smallest absolute Gasteiger partial charge is 0.382 e. The fourth-order valence-electron chi connectivity index (χ4n) is 1.51. The molecule has 10 heteroatoms. The number of hydrogen-bond donors (Lipinski definition) is 1. The zero-order chi connectivity index (χ0) is 16.0. The van der Waals surface area contributed by atoms with Gasteiger partial charge in [0.15, 0.2) is 0 Å². The minimum atomic E-state index is -4.68. The highest BCUT2D eigenvalue weighted by Gasteiger charge is 2.34. The molecule has 0 bridgehead atoms. The fourth-order valence-corrected chi connectivity index (χ4v) is 1.51. The van der Waals surface area contributed by atoms with Gasteiger partial charge in [0.25, 0.3) is 0 Å². The molecule has 118 valence electrons. The maximum atomic E-state index is 12.6. The van der Waals surface area contributed by atoms with Gasteiger partial charge < -0.3 is 14.8 Å². The molecule has 0 spiro atoms. The quantitative estimate of drug-likeness (QED) is 0.613. The van der Waals surface area contributed by atoms with E-state index in [-0.39, 0.29) is 18.8 Å². The Morgan fingerprint density at radius 1 is 1.48 bits per heavy atom. The van der Waals surface area contributed by atoms with E-state index in [4.69, 9.17) is 9.47 Å². The van der Waals surface area contributed by atoms with Crippen LogP contribution in [0.2, 0.25) is 0 Å². The van der Waals surface area contributed by atoms with Crippen molar-refractivity contribution in [3.05, 3.63) is 28.1 Å². The summed E-state index contributed by atoms with van der Waals surface area (Å²) in [5, 5.41) is 13.4. The Bertz CT molecular complexity index is 496. The number of nitrogens with zero attached hydrogens (tertiary/aromatic N) is 2. The summed E-state index contributed by atoms with van der Waals surface area (Å²) in [5.74, 6) is 0. The van der Waals surface area contributed by atoms with Crippen LogP contribution in [0.3, 0.4) is 0 Å². The Kier molecular flexibility index (Phi) is 5.85. The summed E-state index contributed by atoms with van der Waals surface area (Å²) in [7, 11) is 2.83. The van der Waals surface area contributed by atoms with Crippen LogP contribution >= 0.6 is 0 Å². The van der Waals surface area contributed by atoms with Crippen molar-refractivity contribution in [1.29, 1.82) is 0 Å². The summed E-state index contributed by atoms with van der Waals surface area (Å²) in [6.07, 6.45) is -4.57. The SMILES string of the molecule is COCC(CNc1cc(C(F)(F)F)ncc1[N+](=O)[O-])OC. The monoisotopic (exact) mass is 309 g/mol. The molecule has 1 heterocycles. The molecule has 0 aromatic carbocycles. The molecule has 0 aliphatic carbocycles. The van der Waals surface area contributed by atoms with Crippen LogP contribution in [0.5, 0.6) is 0 Å². The first-order chi connectivity index (χ1) is 9.79. The summed E-state index contributed by atoms with van der Waals surface area (Å²) >= 11 is 0. The molecule has 21 heavy (non-hydrogen) atoms. The van der Waals surface area contributed by atoms with Crippen molar-refractivity contribution in [2.45, 2.75) is 12.3 Å². The summed E-state index contributed by atoms with van der Waals surface area (Å²) in [5.41, 5.74) is -2.04. The maximum absolute atomic E-state index is 12.6. The van der Waals surface area contributed by atoms with E-state index in [1.165, 1.54) is 14.2 Å². The largest absolute Gasteiger partial charge is 0.433 e. The highest BCUT2D eigenvalue weighted by molar-refractivity contribution is 5.61. The lowest BCUT2D eigenvalue weighted by Gasteiger charge is -2.16. The number of methoxy groups -OCH3 is 2. The van der Waals surface area contributed by atoms with Gasteiger partial charge in [-0.25, -0.2) is 4.98 Å². The van der Waals surface area contributed by atoms with Crippen molar-refractivity contribution in [2.75, 3.05) is 32.7 Å². The van der Waals surface area contributed by atoms with Crippen molar-refractivity contribution >= 4 is 11.4 Å². The number of halogens is 3. The van der Waals surface area contributed by atoms with Crippen LogP contribution < -0.4 is 5.32 Å². The maximum Gasteiger partial charge on any atom is 0.433 e. The van der Waals surface area contributed by atoms with Crippen molar-refractivity contribution in [2.24, 2.45) is 0 Å². The van der Waals surface area contributed by atoms with Crippen LogP contribution in [0.1, 0.15) is 5.69 Å². The first-order valence-corrected chi connectivity index (χ1v) is 5.76. The minimum absolute atomic E-state index is 0.0481.